The summed E-state index contributed by atoms with van der Waals surface area (Å²) in [5, 5.41) is 9.50. The van der Waals surface area contributed by atoms with Crippen LogP contribution in [0, 0.1) is 0 Å². The molecule has 0 atom stereocenters. The van der Waals surface area contributed by atoms with Gasteiger partial charge in [-0.25, -0.2) is 4.98 Å². The Bertz CT molecular complexity index is 1050. The van der Waals surface area contributed by atoms with Crippen molar-refractivity contribution in [2.24, 2.45) is 5.10 Å². The Labute approximate surface area is 155 Å². The molecule has 1 aromatic heterocycles. The highest BCUT2D eigenvalue weighted by atomic mass is 32.1. The zero-order chi connectivity index (χ0) is 17.8. The summed E-state index contributed by atoms with van der Waals surface area (Å²) < 4.78 is 5.19. The fourth-order valence-corrected chi connectivity index (χ4v) is 3.41. The number of aromatic nitrogens is 1. The molecule has 128 valence electrons. The summed E-state index contributed by atoms with van der Waals surface area (Å²) in [6.07, 6.45) is 1.83. The summed E-state index contributed by atoms with van der Waals surface area (Å²) in [6, 6.07) is 22.3. The zero-order valence-corrected chi connectivity index (χ0v) is 15.0. The maximum atomic E-state index is 5.19. The number of thiazole rings is 1. The maximum absolute atomic E-state index is 5.19. The summed E-state index contributed by atoms with van der Waals surface area (Å²) in [5.41, 5.74) is 6.06. The molecule has 1 N–H and O–H groups in total. The lowest BCUT2D eigenvalue weighted by molar-refractivity contribution is 0.415. The number of rotatable bonds is 5. The summed E-state index contributed by atoms with van der Waals surface area (Å²) in [4.78, 5) is 4.58. The molecule has 0 saturated carbocycles. The fourth-order valence-electron chi connectivity index (χ4n) is 2.74. The molecule has 0 aliphatic carbocycles. The molecule has 0 aliphatic rings. The molecular weight excluding hydrogens is 342 g/mol. The minimum Gasteiger partial charge on any atom is -0.497 e. The number of hydrogen-bond donors (Lipinski definition) is 1. The van der Waals surface area contributed by atoms with Crippen molar-refractivity contribution in [2.45, 2.75) is 0 Å². The van der Waals surface area contributed by atoms with E-state index in [0.29, 0.717) is 0 Å². The highest BCUT2D eigenvalue weighted by Gasteiger charge is 2.04. The van der Waals surface area contributed by atoms with Gasteiger partial charge in [-0.3, -0.25) is 5.43 Å². The van der Waals surface area contributed by atoms with Crippen LogP contribution in [-0.4, -0.2) is 18.3 Å². The Morgan fingerprint density at radius 1 is 1.00 bits per heavy atom. The lowest BCUT2D eigenvalue weighted by atomic mass is 10.1. The van der Waals surface area contributed by atoms with E-state index >= 15 is 0 Å². The number of fused-ring (bicyclic) bond motifs is 1. The van der Waals surface area contributed by atoms with Gasteiger partial charge in [-0.1, -0.05) is 42.5 Å². The summed E-state index contributed by atoms with van der Waals surface area (Å²) in [7, 11) is 1.66. The van der Waals surface area contributed by atoms with E-state index in [9.17, 15) is 0 Å². The second-order valence-electron chi connectivity index (χ2n) is 5.70. The normalized spacial score (nSPS) is 11.1. The molecule has 4 rings (SSSR count). The van der Waals surface area contributed by atoms with Gasteiger partial charge in [-0.05, 0) is 35.0 Å². The number of hydrogen-bond acceptors (Lipinski definition) is 5. The monoisotopic (exact) mass is 359 g/mol. The molecule has 3 aromatic carbocycles. The van der Waals surface area contributed by atoms with Crippen LogP contribution in [0.5, 0.6) is 5.75 Å². The predicted molar refractivity (Wildman–Crippen MR) is 109 cm³/mol. The van der Waals surface area contributed by atoms with Crippen molar-refractivity contribution in [1.82, 2.24) is 4.98 Å². The van der Waals surface area contributed by atoms with E-state index in [1.165, 1.54) is 22.1 Å². The molecule has 4 aromatic rings. The van der Waals surface area contributed by atoms with E-state index < -0.39 is 0 Å². The molecule has 0 radical (unpaired) electrons. The van der Waals surface area contributed by atoms with Gasteiger partial charge in [0.25, 0.3) is 0 Å². The van der Waals surface area contributed by atoms with Crippen molar-refractivity contribution in [3.63, 3.8) is 0 Å². The molecule has 0 spiro atoms. The average molecular weight is 359 g/mol. The van der Waals surface area contributed by atoms with Crippen LogP contribution in [0.3, 0.4) is 0 Å². The van der Waals surface area contributed by atoms with E-state index in [1.54, 1.807) is 7.11 Å². The Hall–Kier alpha value is -3.18. The SMILES string of the molecule is COc1ccc(-c2csc(N/N=C\c3cccc4ccccc34)n2)cc1. The van der Waals surface area contributed by atoms with Gasteiger partial charge in [-0.2, -0.15) is 5.10 Å². The largest absolute Gasteiger partial charge is 0.497 e. The first-order chi connectivity index (χ1) is 12.8. The molecule has 0 saturated heterocycles. The summed E-state index contributed by atoms with van der Waals surface area (Å²) >= 11 is 1.53. The van der Waals surface area contributed by atoms with Crippen molar-refractivity contribution >= 4 is 33.5 Å². The standard InChI is InChI=1S/C21H17N3OS/c1-25-18-11-9-16(10-12-18)20-14-26-21(23-20)24-22-13-17-7-4-6-15-5-2-3-8-19(15)17/h2-14H,1H3,(H,23,24)/b22-13-. The number of hydrazone groups is 1. The van der Waals surface area contributed by atoms with E-state index in [4.69, 9.17) is 4.74 Å². The molecule has 0 fully saturated rings. The van der Waals surface area contributed by atoms with E-state index in [2.05, 4.69) is 39.8 Å². The first kappa shape index (κ1) is 16.3. The molecule has 4 nitrogen and oxygen atoms in total. The smallest absolute Gasteiger partial charge is 0.203 e. The second kappa shape index (κ2) is 7.37. The molecule has 0 aliphatic heterocycles. The van der Waals surface area contributed by atoms with E-state index in [0.717, 1.165) is 27.7 Å². The molecular formula is C21H17N3OS. The van der Waals surface area contributed by atoms with Crippen molar-refractivity contribution in [1.29, 1.82) is 0 Å². The van der Waals surface area contributed by atoms with Crippen molar-refractivity contribution in [3.05, 3.63) is 77.7 Å². The van der Waals surface area contributed by atoms with Crippen LogP contribution in [-0.2, 0) is 0 Å². The van der Waals surface area contributed by atoms with E-state index in [-0.39, 0.29) is 0 Å². The van der Waals surface area contributed by atoms with Gasteiger partial charge < -0.3 is 4.74 Å². The lowest BCUT2D eigenvalue weighted by Gasteiger charge is -2.01. The van der Waals surface area contributed by atoms with Gasteiger partial charge >= 0.3 is 0 Å². The Morgan fingerprint density at radius 3 is 2.65 bits per heavy atom. The second-order valence-corrected chi connectivity index (χ2v) is 6.56. The van der Waals surface area contributed by atoms with Gasteiger partial charge in [0.15, 0.2) is 0 Å². The summed E-state index contributed by atoms with van der Waals surface area (Å²) in [5.74, 6) is 0.835. The van der Waals surface area contributed by atoms with Crippen molar-refractivity contribution < 1.29 is 4.74 Å². The minimum absolute atomic E-state index is 0.757. The van der Waals surface area contributed by atoms with Crippen molar-refractivity contribution in [2.75, 3.05) is 12.5 Å². The Morgan fingerprint density at radius 2 is 1.81 bits per heavy atom. The van der Waals surface area contributed by atoms with Crippen LogP contribution in [0.1, 0.15) is 5.56 Å². The van der Waals surface area contributed by atoms with Gasteiger partial charge in [0.1, 0.15) is 5.75 Å². The minimum atomic E-state index is 0.757. The van der Waals surface area contributed by atoms with Crippen LogP contribution in [0.25, 0.3) is 22.0 Å². The molecule has 0 bridgehead atoms. The van der Waals surface area contributed by atoms with Crippen LogP contribution in [0.2, 0.25) is 0 Å². The fraction of sp³-hybridized carbons (Fsp3) is 0.0476. The molecule has 1 heterocycles. The molecule has 0 amide bonds. The zero-order valence-electron chi connectivity index (χ0n) is 14.2. The van der Waals surface area contributed by atoms with Crippen LogP contribution >= 0.6 is 11.3 Å². The third-order valence-corrected chi connectivity index (χ3v) is 4.82. The van der Waals surface area contributed by atoms with Gasteiger partial charge in [0.2, 0.25) is 5.13 Å². The quantitative estimate of drug-likeness (QED) is 0.382. The summed E-state index contributed by atoms with van der Waals surface area (Å²) in [6.45, 7) is 0. The van der Waals surface area contributed by atoms with E-state index in [1.807, 2.05) is 54.1 Å². The average Bonchev–Trinajstić information content (AvgIpc) is 3.17. The number of nitrogens with zero attached hydrogens (tertiary/aromatic N) is 2. The Balaban J connectivity index is 1.49. The van der Waals surface area contributed by atoms with Crippen LogP contribution in [0.15, 0.2) is 77.2 Å². The molecule has 26 heavy (non-hydrogen) atoms. The highest BCUT2D eigenvalue weighted by molar-refractivity contribution is 7.14. The molecule has 5 heteroatoms. The van der Waals surface area contributed by atoms with Gasteiger partial charge in [0, 0.05) is 16.5 Å². The van der Waals surface area contributed by atoms with Gasteiger partial charge in [0.05, 0.1) is 19.0 Å². The number of anilines is 1. The number of methoxy groups -OCH3 is 1. The van der Waals surface area contributed by atoms with Crippen LogP contribution in [0.4, 0.5) is 5.13 Å². The predicted octanol–water partition coefficient (Wildman–Crippen LogP) is 5.42. The molecule has 0 unspecified atom stereocenters. The first-order valence-corrected chi connectivity index (χ1v) is 9.08. The van der Waals surface area contributed by atoms with Crippen LogP contribution < -0.4 is 10.2 Å². The lowest BCUT2D eigenvalue weighted by Crippen LogP contribution is -1.91. The van der Waals surface area contributed by atoms with Crippen molar-refractivity contribution in [3.8, 4) is 17.0 Å². The third kappa shape index (κ3) is 3.43. The highest BCUT2D eigenvalue weighted by Crippen LogP contribution is 2.26. The first-order valence-electron chi connectivity index (χ1n) is 8.20. The van der Waals surface area contributed by atoms with Gasteiger partial charge in [-0.15, -0.1) is 11.3 Å². The topological polar surface area (TPSA) is 46.5 Å². The number of benzene rings is 3. The maximum Gasteiger partial charge on any atom is 0.203 e. The number of nitrogens with one attached hydrogen (secondary N) is 1. The number of ether oxygens (including phenoxy) is 1. The third-order valence-electron chi connectivity index (χ3n) is 4.08. The Kier molecular flexibility index (Phi) is 4.62.